The van der Waals surface area contributed by atoms with Crippen molar-refractivity contribution < 1.29 is 0 Å². The van der Waals surface area contributed by atoms with Gasteiger partial charge in [0.15, 0.2) is 0 Å². The molecule has 0 bridgehead atoms. The molecule has 2 N–H and O–H groups in total. The quantitative estimate of drug-likeness (QED) is 0.470. The van der Waals surface area contributed by atoms with Crippen LogP contribution in [0.25, 0.3) is 5.65 Å². The van der Waals surface area contributed by atoms with Crippen molar-refractivity contribution >= 4 is 34.7 Å². The van der Waals surface area contributed by atoms with Gasteiger partial charge in [-0.2, -0.15) is 9.97 Å². The number of aryl methyl sites for hydroxylation is 2. The van der Waals surface area contributed by atoms with E-state index in [-0.39, 0.29) is 0 Å². The molecule has 32 heavy (non-hydrogen) atoms. The minimum absolute atomic E-state index is 0.530. The molecule has 0 amide bonds. The van der Waals surface area contributed by atoms with E-state index >= 15 is 0 Å². The second kappa shape index (κ2) is 8.45. The summed E-state index contributed by atoms with van der Waals surface area (Å²) in [5.74, 6) is 3.58. The number of aromatic nitrogens is 5. The first-order valence-electron chi connectivity index (χ1n) is 11.1. The Morgan fingerprint density at radius 3 is 2.69 bits per heavy atom. The predicted molar refractivity (Wildman–Crippen MR) is 128 cm³/mol. The summed E-state index contributed by atoms with van der Waals surface area (Å²) in [5.41, 5.74) is 3.91. The first-order chi connectivity index (χ1) is 15.5. The highest BCUT2D eigenvalue weighted by atomic mass is 15.3. The highest BCUT2D eigenvalue weighted by Gasteiger charge is 2.19. The summed E-state index contributed by atoms with van der Waals surface area (Å²) in [7, 11) is 0. The van der Waals surface area contributed by atoms with Gasteiger partial charge in [-0.15, -0.1) is 0 Å². The Balaban J connectivity index is 1.49. The molecule has 8 nitrogen and oxygen atoms in total. The van der Waals surface area contributed by atoms with Gasteiger partial charge < -0.3 is 19.9 Å². The maximum Gasteiger partial charge on any atom is 0.232 e. The van der Waals surface area contributed by atoms with Crippen molar-refractivity contribution in [1.82, 2.24) is 24.3 Å². The van der Waals surface area contributed by atoms with Crippen molar-refractivity contribution in [3.05, 3.63) is 60.2 Å². The summed E-state index contributed by atoms with van der Waals surface area (Å²) >= 11 is 0. The highest BCUT2D eigenvalue weighted by molar-refractivity contribution is 5.65. The molecule has 1 atom stereocenters. The summed E-state index contributed by atoms with van der Waals surface area (Å²) in [4.78, 5) is 20.9. The standard InChI is InChI=1S/C24H28N8/c1-16-5-4-8-32(15-16)23-14-21(27-19-6-9-31-10-7-25-22(31)13-19)29-24(30-23)28-20-12-17(2)11-18(3)26-20/h6-7,9-14,16H,4-5,8,15H2,1-3H3,(H2,26,27,28,29,30). The molecular weight excluding hydrogens is 400 g/mol. The summed E-state index contributed by atoms with van der Waals surface area (Å²) in [6.45, 7) is 8.35. The lowest BCUT2D eigenvalue weighted by Gasteiger charge is -2.32. The number of hydrogen-bond donors (Lipinski definition) is 2. The fourth-order valence-corrected chi connectivity index (χ4v) is 4.27. The molecule has 0 saturated carbocycles. The molecule has 0 aromatic carbocycles. The van der Waals surface area contributed by atoms with E-state index in [0.717, 1.165) is 53.1 Å². The van der Waals surface area contributed by atoms with Crippen LogP contribution in [0.2, 0.25) is 0 Å². The number of hydrogen-bond acceptors (Lipinski definition) is 7. The van der Waals surface area contributed by atoms with Gasteiger partial charge in [0.05, 0.1) is 0 Å². The number of imidazole rings is 1. The average Bonchev–Trinajstić information content (AvgIpc) is 3.21. The average molecular weight is 429 g/mol. The van der Waals surface area contributed by atoms with Crippen LogP contribution in [0, 0.1) is 19.8 Å². The van der Waals surface area contributed by atoms with Gasteiger partial charge in [-0.3, -0.25) is 0 Å². The maximum absolute atomic E-state index is 4.84. The Bertz CT molecular complexity index is 1230. The van der Waals surface area contributed by atoms with Crippen LogP contribution in [0.15, 0.2) is 48.9 Å². The zero-order chi connectivity index (χ0) is 22.1. The number of pyridine rings is 2. The first-order valence-corrected chi connectivity index (χ1v) is 11.1. The van der Waals surface area contributed by atoms with Crippen molar-refractivity contribution in [3.63, 3.8) is 0 Å². The van der Waals surface area contributed by atoms with Crippen LogP contribution >= 0.6 is 0 Å². The molecule has 5 heterocycles. The number of anilines is 5. The largest absolute Gasteiger partial charge is 0.356 e. The van der Waals surface area contributed by atoms with E-state index in [2.05, 4.69) is 45.4 Å². The molecule has 0 radical (unpaired) electrons. The lowest BCUT2D eigenvalue weighted by Crippen LogP contribution is -2.35. The SMILES string of the molecule is Cc1cc(C)nc(Nc2nc(Nc3ccn4ccnc4c3)cc(N3CCCC(C)C3)n2)c1. The second-order valence-electron chi connectivity index (χ2n) is 8.66. The first kappa shape index (κ1) is 20.2. The second-order valence-corrected chi connectivity index (χ2v) is 8.66. The smallest absolute Gasteiger partial charge is 0.232 e. The highest BCUT2D eigenvalue weighted by Crippen LogP contribution is 2.27. The molecule has 0 aliphatic carbocycles. The van der Waals surface area contributed by atoms with E-state index in [9.17, 15) is 0 Å². The van der Waals surface area contributed by atoms with E-state index in [1.54, 1.807) is 6.20 Å². The zero-order valence-corrected chi connectivity index (χ0v) is 18.7. The van der Waals surface area contributed by atoms with E-state index in [1.165, 1.54) is 12.8 Å². The number of rotatable bonds is 5. The number of fused-ring (bicyclic) bond motifs is 1. The van der Waals surface area contributed by atoms with E-state index in [1.807, 2.05) is 48.0 Å². The van der Waals surface area contributed by atoms with Gasteiger partial charge >= 0.3 is 0 Å². The van der Waals surface area contributed by atoms with Gasteiger partial charge in [-0.25, -0.2) is 9.97 Å². The van der Waals surface area contributed by atoms with Gasteiger partial charge in [-0.05, 0) is 56.4 Å². The summed E-state index contributed by atoms with van der Waals surface area (Å²) in [6.07, 6.45) is 8.13. The number of nitrogens with one attached hydrogen (secondary N) is 2. The van der Waals surface area contributed by atoms with Crippen molar-refractivity contribution in [2.24, 2.45) is 5.92 Å². The zero-order valence-electron chi connectivity index (χ0n) is 18.7. The normalized spacial score (nSPS) is 16.3. The van der Waals surface area contributed by atoms with Crippen molar-refractivity contribution in [3.8, 4) is 0 Å². The van der Waals surface area contributed by atoms with E-state index in [0.29, 0.717) is 11.9 Å². The van der Waals surface area contributed by atoms with Crippen molar-refractivity contribution in [2.45, 2.75) is 33.6 Å². The molecule has 1 saturated heterocycles. The predicted octanol–water partition coefficient (Wildman–Crippen LogP) is 4.86. The van der Waals surface area contributed by atoms with Gasteiger partial charge in [0.25, 0.3) is 0 Å². The Kier molecular flexibility index (Phi) is 5.34. The lowest BCUT2D eigenvalue weighted by molar-refractivity contribution is 0.444. The lowest BCUT2D eigenvalue weighted by atomic mass is 10.0. The Morgan fingerprint density at radius 1 is 0.969 bits per heavy atom. The number of nitrogens with zero attached hydrogens (tertiary/aromatic N) is 6. The Morgan fingerprint density at radius 2 is 1.84 bits per heavy atom. The Labute approximate surface area is 187 Å². The van der Waals surface area contributed by atoms with Crippen LogP contribution in [-0.4, -0.2) is 37.4 Å². The van der Waals surface area contributed by atoms with Gasteiger partial charge in [-0.1, -0.05) is 6.92 Å². The molecule has 1 fully saturated rings. The molecule has 4 aromatic heterocycles. The third-order valence-electron chi connectivity index (χ3n) is 5.70. The van der Waals surface area contributed by atoms with E-state index < -0.39 is 0 Å². The van der Waals surface area contributed by atoms with Gasteiger partial charge in [0.2, 0.25) is 5.95 Å². The molecule has 4 aromatic rings. The summed E-state index contributed by atoms with van der Waals surface area (Å²) in [5, 5.41) is 6.75. The van der Waals surface area contributed by atoms with E-state index in [4.69, 9.17) is 9.97 Å². The van der Waals surface area contributed by atoms with Crippen LogP contribution in [0.5, 0.6) is 0 Å². The molecule has 1 aliphatic rings. The van der Waals surface area contributed by atoms with Crippen LogP contribution in [0.4, 0.5) is 29.1 Å². The van der Waals surface area contributed by atoms with Gasteiger partial charge in [0, 0.05) is 55.2 Å². The minimum atomic E-state index is 0.530. The topological polar surface area (TPSA) is 83.3 Å². The van der Waals surface area contributed by atoms with Crippen molar-refractivity contribution in [2.75, 3.05) is 28.6 Å². The fraction of sp³-hybridized carbons (Fsp3) is 0.333. The van der Waals surface area contributed by atoms with Crippen LogP contribution < -0.4 is 15.5 Å². The van der Waals surface area contributed by atoms with Crippen LogP contribution in [0.1, 0.15) is 31.0 Å². The third-order valence-corrected chi connectivity index (χ3v) is 5.70. The van der Waals surface area contributed by atoms with Crippen LogP contribution in [0.3, 0.4) is 0 Å². The molecular formula is C24H28N8. The van der Waals surface area contributed by atoms with Crippen LogP contribution in [-0.2, 0) is 0 Å². The minimum Gasteiger partial charge on any atom is -0.356 e. The molecule has 0 spiro atoms. The number of piperidine rings is 1. The summed E-state index contributed by atoms with van der Waals surface area (Å²) < 4.78 is 1.98. The molecule has 5 rings (SSSR count). The molecule has 164 valence electrons. The monoisotopic (exact) mass is 428 g/mol. The van der Waals surface area contributed by atoms with Crippen molar-refractivity contribution in [1.29, 1.82) is 0 Å². The molecule has 1 aliphatic heterocycles. The fourth-order valence-electron chi connectivity index (χ4n) is 4.27. The molecule has 8 heteroatoms. The molecule has 1 unspecified atom stereocenters. The Hall–Kier alpha value is -3.68. The third kappa shape index (κ3) is 4.49. The maximum atomic E-state index is 4.84. The summed E-state index contributed by atoms with van der Waals surface area (Å²) in [6, 6.07) is 10.1. The van der Waals surface area contributed by atoms with Gasteiger partial charge in [0.1, 0.15) is 23.1 Å².